The third-order valence-electron chi connectivity index (χ3n) is 6.05. The predicted octanol–water partition coefficient (Wildman–Crippen LogP) is 2.86. The highest BCUT2D eigenvalue weighted by Gasteiger charge is 2.49. The van der Waals surface area contributed by atoms with Gasteiger partial charge in [0, 0.05) is 37.8 Å². The number of nitrogens with zero attached hydrogens (tertiary/aromatic N) is 7. The van der Waals surface area contributed by atoms with Gasteiger partial charge in [-0.25, -0.2) is 23.4 Å². The summed E-state index contributed by atoms with van der Waals surface area (Å²) in [5, 5.41) is 3.92. The number of anilines is 1. The molecular weight excluding hydrogens is 449 g/mol. The van der Waals surface area contributed by atoms with Crippen LogP contribution in [0.25, 0.3) is 11.2 Å². The van der Waals surface area contributed by atoms with Gasteiger partial charge in [0.05, 0.1) is 18.0 Å². The summed E-state index contributed by atoms with van der Waals surface area (Å²) in [4.78, 5) is 28.3. The highest BCUT2D eigenvalue weighted by atomic mass is 19.4. The van der Waals surface area contributed by atoms with Gasteiger partial charge in [0.1, 0.15) is 23.6 Å². The molecule has 0 N–H and O–H groups in total. The van der Waals surface area contributed by atoms with Gasteiger partial charge in [-0.2, -0.15) is 18.3 Å². The molecule has 0 saturated carbocycles. The molecule has 33 heavy (non-hydrogen) atoms. The Kier molecular flexibility index (Phi) is 4.94. The van der Waals surface area contributed by atoms with Gasteiger partial charge in [0.25, 0.3) is 12.3 Å². The van der Waals surface area contributed by atoms with Crippen LogP contribution in [0.5, 0.6) is 0 Å². The maximum Gasteiger partial charge on any atom is 0.433 e. The Bertz CT molecular complexity index is 1190. The lowest BCUT2D eigenvalue weighted by molar-refractivity contribution is -0.141. The first-order valence-corrected chi connectivity index (χ1v) is 10.2. The van der Waals surface area contributed by atoms with Crippen molar-refractivity contribution in [3.63, 3.8) is 0 Å². The summed E-state index contributed by atoms with van der Waals surface area (Å²) in [5.41, 5.74) is -0.378. The molecule has 2 saturated heterocycles. The van der Waals surface area contributed by atoms with E-state index in [4.69, 9.17) is 0 Å². The summed E-state index contributed by atoms with van der Waals surface area (Å²) in [7, 11) is 0. The predicted molar refractivity (Wildman–Crippen MR) is 106 cm³/mol. The van der Waals surface area contributed by atoms with E-state index in [1.54, 1.807) is 11.1 Å². The second-order valence-corrected chi connectivity index (χ2v) is 8.42. The largest absolute Gasteiger partial charge is 0.433 e. The van der Waals surface area contributed by atoms with Crippen LogP contribution in [0.2, 0.25) is 0 Å². The van der Waals surface area contributed by atoms with Gasteiger partial charge in [0.2, 0.25) is 0 Å². The van der Waals surface area contributed by atoms with Crippen molar-refractivity contribution < 1.29 is 26.7 Å². The molecule has 5 rings (SSSR count). The fourth-order valence-corrected chi connectivity index (χ4v) is 4.42. The molecule has 0 atom stereocenters. The number of hydrogen-bond donors (Lipinski definition) is 0. The van der Waals surface area contributed by atoms with Gasteiger partial charge in [0.15, 0.2) is 5.65 Å². The van der Waals surface area contributed by atoms with E-state index >= 15 is 0 Å². The van der Waals surface area contributed by atoms with Crippen molar-refractivity contribution in [2.75, 3.05) is 31.1 Å². The molecule has 1 spiro atoms. The number of hydrogen-bond acceptors (Lipinski definition) is 6. The number of carbonyl (C=O) groups is 1. The SMILES string of the molecule is O=C(c1ccc(C(F)(F)F)nc1)N1CC2(CCN(c3cnc4cnn(CC(F)F)c4n3)C2)C1. The van der Waals surface area contributed by atoms with Crippen LogP contribution in [-0.4, -0.2) is 68.1 Å². The van der Waals surface area contributed by atoms with Crippen molar-refractivity contribution in [3.8, 4) is 0 Å². The van der Waals surface area contributed by atoms with E-state index < -0.39 is 24.8 Å². The Labute approximate surface area is 184 Å². The Morgan fingerprint density at radius 2 is 1.88 bits per heavy atom. The van der Waals surface area contributed by atoms with E-state index in [0.29, 0.717) is 37.5 Å². The van der Waals surface area contributed by atoms with Crippen LogP contribution in [0.4, 0.5) is 27.8 Å². The van der Waals surface area contributed by atoms with Crippen LogP contribution in [0.3, 0.4) is 0 Å². The second kappa shape index (κ2) is 7.59. The number of carbonyl (C=O) groups excluding carboxylic acids is 1. The Hall–Kier alpha value is -3.38. The fourth-order valence-electron chi connectivity index (χ4n) is 4.42. The molecular formula is C20H18F5N7O. The molecule has 0 radical (unpaired) electrons. The Morgan fingerprint density at radius 3 is 2.55 bits per heavy atom. The molecule has 2 fully saturated rings. The average molecular weight is 467 g/mol. The molecule has 5 heterocycles. The standard InChI is InChI=1S/C20H18F5N7O/c21-15(22)8-32-17-13(6-28-32)26-7-16(29-17)30-4-3-19(9-30)10-31(11-19)18(33)12-1-2-14(27-5-12)20(23,24)25/h1-2,5-7,15H,3-4,8-11H2. The number of likely N-dealkylation sites (tertiary alicyclic amines) is 1. The lowest BCUT2D eigenvalue weighted by atomic mass is 9.79. The van der Waals surface area contributed by atoms with Gasteiger partial charge >= 0.3 is 6.18 Å². The zero-order valence-electron chi connectivity index (χ0n) is 17.1. The van der Waals surface area contributed by atoms with E-state index in [0.717, 1.165) is 29.4 Å². The smallest absolute Gasteiger partial charge is 0.355 e. The normalized spacial score (nSPS) is 17.9. The van der Waals surface area contributed by atoms with Crippen molar-refractivity contribution in [1.29, 1.82) is 0 Å². The summed E-state index contributed by atoms with van der Waals surface area (Å²) in [6.07, 6.45) is -2.41. The minimum atomic E-state index is -4.56. The van der Waals surface area contributed by atoms with Crippen LogP contribution in [-0.2, 0) is 12.7 Å². The number of alkyl halides is 5. The van der Waals surface area contributed by atoms with E-state index in [1.807, 2.05) is 4.90 Å². The van der Waals surface area contributed by atoms with Crippen LogP contribution >= 0.6 is 0 Å². The van der Waals surface area contributed by atoms with E-state index in [-0.39, 0.29) is 22.5 Å². The number of aromatic nitrogens is 5. The molecule has 0 aromatic carbocycles. The van der Waals surface area contributed by atoms with E-state index in [2.05, 4.69) is 20.1 Å². The third-order valence-corrected chi connectivity index (χ3v) is 6.05. The highest BCUT2D eigenvalue weighted by Crippen LogP contribution is 2.41. The molecule has 174 valence electrons. The number of fused-ring (bicyclic) bond motifs is 1. The second-order valence-electron chi connectivity index (χ2n) is 8.42. The molecule has 1 amide bonds. The zero-order valence-corrected chi connectivity index (χ0v) is 17.1. The third kappa shape index (κ3) is 3.95. The highest BCUT2D eigenvalue weighted by molar-refractivity contribution is 5.94. The molecule has 3 aromatic rings. The van der Waals surface area contributed by atoms with Crippen LogP contribution in [0.1, 0.15) is 22.5 Å². The Balaban J connectivity index is 1.24. The summed E-state index contributed by atoms with van der Waals surface area (Å²) in [5.74, 6) is 0.185. The summed E-state index contributed by atoms with van der Waals surface area (Å²) in [6.45, 7) is 1.62. The number of amides is 1. The van der Waals surface area contributed by atoms with E-state index in [1.165, 1.54) is 6.20 Å². The van der Waals surface area contributed by atoms with Gasteiger partial charge in [-0.05, 0) is 18.6 Å². The fraction of sp³-hybridized carbons (Fsp3) is 0.450. The minimum Gasteiger partial charge on any atom is -0.355 e. The molecule has 0 bridgehead atoms. The molecule has 2 aliphatic rings. The van der Waals surface area contributed by atoms with Crippen LogP contribution in [0.15, 0.2) is 30.7 Å². The number of halogens is 5. The van der Waals surface area contributed by atoms with Crippen LogP contribution < -0.4 is 4.90 Å². The number of pyridine rings is 1. The van der Waals surface area contributed by atoms with Crippen molar-refractivity contribution in [2.24, 2.45) is 5.41 Å². The molecule has 2 aliphatic heterocycles. The lowest BCUT2D eigenvalue weighted by Crippen LogP contribution is -2.59. The van der Waals surface area contributed by atoms with Crippen LogP contribution in [0, 0.1) is 5.41 Å². The minimum absolute atomic E-state index is 0.108. The summed E-state index contributed by atoms with van der Waals surface area (Å²) in [6, 6.07) is 1.94. The van der Waals surface area contributed by atoms with Gasteiger partial charge in [-0.3, -0.25) is 9.78 Å². The van der Waals surface area contributed by atoms with Crippen molar-refractivity contribution in [3.05, 3.63) is 42.0 Å². The quantitative estimate of drug-likeness (QED) is 0.549. The topological polar surface area (TPSA) is 80.0 Å². The first kappa shape index (κ1) is 21.5. The molecule has 0 aliphatic carbocycles. The average Bonchev–Trinajstić information content (AvgIpc) is 3.36. The molecule has 0 unspecified atom stereocenters. The number of rotatable bonds is 4. The lowest BCUT2D eigenvalue weighted by Gasteiger charge is -2.48. The molecule has 3 aromatic heterocycles. The monoisotopic (exact) mass is 467 g/mol. The first-order chi connectivity index (χ1) is 15.6. The first-order valence-electron chi connectivity index (χ1n) is 10.2. The van der Waals surface area contributed by atoms with Gasteiger partial charge in [-0.15, -0.1) is 0 Å². The maximum absolute atomic E-state index is 12.8. The summed E-state index contributed by atoms with van der Waals surface area (Å²) < 4.78 is 64.7. The van der Waals surface area contributed by atoms with Crippen molar-refractivity contribution in [1.82, 2.24) is 29.6 Å². The van der Waals surface area contributed by atoms with Gasteiger partial charge in [-0.1, -0.05) is 0 Å². The van der Waals surface area contributed by atoms with Crippen molar-refractivity contribution in [2.45, 2.75) is 25.6 Å². The maximum atomic E-state index is 12.8. The Morgan fingerprint density at radius 1 is 1.09 bits per heavy atom. The summed E-state index contributed by atoms with van der Waals surface area (Å²) >= 11 is 0. The van der Waals surface area contributed by atoms with Gasteiger partial charge < -0.3 is 9.80 Å². The van der Waals surface area contributed by atoms with Crippen molar-refractivity contribution >= 4 is 22.9 Å². The molecule has 8 nitrogen and oxygen atoms in total. The van der Waals surface area contributed by atoms with E-state index in [9.17, 15) is 26.7 Å². The zero-order chi connectivity index (χ0) is 23.4. The molecule has 13 heteroatoms.